The fraction of sp³-hybridized carbons (Fsp3) is 0.250. The summed E-state index contributed by atoms with van der Waals surface area (Å²) in [5.74, 6) is 0. The Hall–Kier alpha value is -1.24. The van der Waals surface area contributed by atoms with E-state index < -0.39 is 20.6 Å². The molecule has 0 radical (unpaired) electrons. The highest BCUT2D eigenvalue weighted by Gasteiger charge is 2.05. The molecule has 0 saturated carbocycles. The Morgan fingerprint density at radius 1 is 0.643 bits per heavy atom. The van der Waals surface area contributed by atoms with E-state index >= 15 is 0 Å². The Morgan fingerprint density at radius 3 is 1.04 bits per heavy atom. The molecule has 28 heavy (non-hydrogen) atoms. The first-order valence-corrected chi connectivity index (χ1v) is 11.0. The van der Waals surface area contributed by atoms with Crippen molar-refractivity contribution in [2.24, 2.45) is 0 Å². The number of hydrogen-bond donors (Lipinski definition) is 2. The molecular formula is C16H22Cl2N2O6S2. The predicted octanol–water partition coefficient (Wildman–Crippen LogP) is 3.36. The predicted molar refractivity (Wildman–Crippen MR) is 112 cm³/mol. The molecule has 0 aromatic heterocycles. The minimum Gasteiger partial charge on any atom is -0.273 e. The van der Waals surface area contributed by atoms with Crippen LogP contribution in [0.5, 0.6) is 0 Å². The summed E-state index contributed by atoms with van der Waals surface area (Å²) < 4.78 is 56.7. The Bertz CT molecular complexity index is 885. The molecule has 0 aliphatic carbocycles. The normalized spacial score (nSPS) is 11.4. The molecule has 0 aliphatic heterocycles. The van der Waals surface area contributed by atoms with Gasteiger partial charge in [-0.25, -0.2) is 0 Å². The van der Waals surface area contributed by atoms with Crippen molar-refractivity contribution in [2.45, 2.75) is 0 Å². The lowest BCUT2D eigenvalue weighted by Crippen LogP contribution is -2.20. The van der Waals surface area contributed by atoms with Crippen LogP contribution in [0, 0.1) is 0 Å². The smallest absolute Gasteiger partial charge is 0.273 e. The number of nitrogens with zero attached hydrogens (tertiary/aromatic N) is 2. The van der Waals surface area contributed by atoms with Crippen molar-refractivity contribution in [1.29, 1.82) is 0 Å². The van der Waals surface area contributed by atoms with E-state index in [1.54, 1.807) is 0 Å². The molecule has 0 aliphatic rings. The van der Waals surface area contributed by atoms with Gasteiger partial charge in [-0.2, -0.15) is 25.4 Å². The Kier molecular flexibility index (Phi) is 11.2. The van der Waals surface area contributed by atoms with Gasteiger partial charge in [0.15, 0.2) is 0 Å². The van der Waals surface area contributed by atoms with Crippen LogP contribution in [0.3, 0.4) is 0 Å². The van der Waals surface area contributed by atoms with Crippen LogP contribution < -0.4 is 0 Å². The summed E-state index contributed by atoms with van der Waals surface area (Å²) in [5.41, 5.74) is 1.94. The zero-order valence-electron chi connectivity index (χ0n) is 15.6. The zero-order valence-corrected chi connectivity index (χ0v) is 18.8. The summed E-state index contributed by atoms with van der Waals surface area (Å²) in [6.07, 6.45) is 0. The van der Waals surface area contributed by atoms with E-state index in [-0.39, 0.29) is 0 Å². The molecule has 0 unspecified atom stereocenters. The van der Waals surface area contributed by atoms with Crippen molar-refractivity contribution in [3.05, 3.63) is 58.6 Å². The van der Waals surface area contributed by atoms with Crippen LogP contribution in [-0.2, 0) is 20.6 Å². The molecular weight excluding hydrogens is 451 g/mol. The average Bonchev–Trinajstić information content (AvgIpc) is 2.55. The maximum Gasteiger partial charge on any atom is 0.335 e. The second-order valence-electron chi connectivity index (χ2n) is 5.48. The first kappa shape index (κ1) is 26.8. The SMILES string of the molecule is CN(C)S(=O)(=O)O.CN(C)S(=O)(=O)O.Clc1ccccc1-c1ccccc1Cl. The van der Waals surface area contributed by atoms with Gasteiger partial charge < -0.3 is 0 Å². The van der Waals surface area contributed by atoms with Gasteiger partial charge in [-0.3, -0.25) is 9.11 Å². The van der Waals surface area contributed by atoms with Crippen molar-refractivity contribution in [1.82, 2.24) is 8.61 Å². The highest BCUT2D eigenvalue weighted by atomic mass is 35.5. The van der Waals surface area contributed by atoms with Crippen molar-refractivity contribution < 1.29 is 25.9 Å². The number of hydrogen-bond acceptors (Lipinski definition) is 4. The minimum absolute atomic E-state index is 0.715. The molecule has 8 nitrogen and oxygen atoms in total. The quantitative estimate of drug-likeness (QED) is 0.661. The third-order valence-corrected chi connectivity index (χ3v) is 5.47. The molecule has 0 heterocycles. The van der Waals surface area contributed by atoms with Crippen molar-refractivity contribution in [2.75, 3.05) is 28.2 Å². The largest absolute Gasteiger partial charge is 0.335 e. The second kappa shape index (κ2) is 11.7. The fourth-order valence-electron chi connectivity index (χ4n) is 1.36. The van der Waals surface area contributed by atoms with Gasteiger partial charge in [0.05, 0.1) is 0 Å². The van der Waals surface area contributed by atoms with Crippen molar-refractivity contribution in [3.63, 3.8) is 0 Å². The van der Waals surface area contributed by atoms with Crippen LogP contribution in [0.25, 0.3) is 11.1 Å². The van der Waals surface area contributed by atoms with Crippen LogP contribution >= 0.6 is 23.2 Å². The molecule has 12 heteroatoms. The highest BCUT2D eigenvalue weighted by molar-refractivity contribution is 7.83. The summed E-state index contributed by atoms with van der Waals surface area (Å²) in [6.45, 7) is 0. The molecule has 0 amide bonds. The molecule has 0 atom stereocenters. The lowest BCUT2D eigenvalue weighted by Gasteiger charge is -2.05. The van der Waals surface area contributed by atoms with Crippen molar-refractivity contribution >= 4 is 43.8 Å². The summed E-state index contributed by atoms with van der Waals surface area (Å²) >= 11 is 12.1. The summed E-state index contributed by atoms with van der Waals surface area (Å²) in [4.78, 5) is 0. The van der Waals surface area contributed by atoms with Crippen LogP contribution in [0.2, 0.25) is 10.0 Å². The molecule has 2 aromatic carbocycles. The third-order valence-electron chi connectivity index (χ3n) is 2.96. The number of halogens is 2. The topological polar surface area (TPSA) is 115 Å². The lowest BCUT2D eigenvalue weighted by molar-refractivity contribution is 0.414. The lowest BCUT2D eigenvalue weighted by atomic mass is 10.1. The van der Waals surface area contributed by atoms with E-state index in [9.17, 15) is 16.8 Å². The summed E-state index contributed by atoms with van der Waals surface area (Å²) in [5, 5.41) is 1.45. The monoisotopic (exact) mass is 472 g/mol. The van der Waals surface area contributed by atoms with E-state index in [1.165, 1.54) is 28.2 Å². The Balaban J connectivity index is 0.000000444. The molecule has 0 bridgehead atoms. The molecule has 2 rings (SSSR count). The van der Waals surface area contributed by atoms with E-state index in [2.05, 4.69) is 0 Å². The molecule has 0 spiro atoms. The van der Waals surface area contributed by atoms with Gasteiger partial charge in [-0.15, -0.1) is 0 Å². The van der Waals surface area contributed by atoms with Gasteiger partial charge in [-0.1, -0.05) is 59.6 Å². The summed E-state index contributed by atoms with van der Waals surface area (Å²) in [7, 11) is -2.83. The van der Waals surface area contributed by atoms with Crippen LogP contribution in [0.1, 0.15) is 0 Å². The zero-order chi connectivity index (χ0) is 22.1. The molecule has 0 saturated heterocycles. The van der Waals surface area contributed by atoms with Gasteiger partial charge >= 0.3 is 20.6 Å². The first-order chi connectivity index (χ1) is 12.7. The van der Waals surface area contributed by atoms with E-state index in [0.29, 0.717) is 8.61 Å². The van der Waals surface area contributed by atoms with E-state index in [4.69, 9.17) is 32.3 Å². The Morgan fingerprint density at radius 2 is 0.857 bits per heavy atom. The average molecular weight is 473 g/mol. The standard InChI is InChI=1S/C12H8Cl2.2C2H7NO3S/c13-11-7-3-1-5-9(11)10-6-2-4-8-12(10)14;2*1-3(2)7(4,5)6/h1-8H;2*1-2H3,(H,4,5,6). The van der Waals surface area contributed by atoms with Gasteiger partial charge in [0.2, 0.25) is 0 Å². The second-order valence-corrected chi connectivity index (χ2v) is 9.55. The summed E-state index contributed by atoms with van der Waals surface area (Å²) in [6, 6.07) is 15.4. The van der Waals surface area contributed by atoms with Crippen LogP contribution in [0.15, 0.2) is 48.5 Å². The fourth-order valence-corrected chi connectivity index (χ4v) is 1.83. The minimum atomic E-state index is -3.91. The van der Waals surface area contributed by atoms with Crippen LogP contribution in [-0.4, -0.2) is 62.7 Å². The maximum absolute atomic E-state index is 9.81. The molecule has 2 N–H and O–H groups in total. The Labute approximate surface area is 176 Å². The van der Waals surface area contributed by atoms with Gasteiger partial charge in [0, 0.05) is 49.4 Å². The number of rotatable bonds is 3. The first-order valence-electron chi connectivity index (χ1n) is 7.47. The van der Waals surface area contributed by atoms with Gasteiger partial charge in [0.25, 0.3) is 0 Å². The highest BCUT2D eigenvalue weighted by Crippen LogP contribution is 2.32. The maximum atomic E-state index is 9.81. The number of benzene rings is 2. The molecule has 2 aromatic rings. The third kappa shape index (κ3) is 10.3. The molecule has 0 fully saturated rings. The van der Waals surface area contributed by atoms with E-state index in [0.717, 1.165) is 21.2 Å². The van der Waals surface area contributed by atoms with Gasteiger partial charge in [-0.05, 0) is 12.1 Å². The van der Waals surface area contributed by atoms with E-state index in [1.807, 2.05) is 48.5 Å². The molecule has 158 valence electrons. The van der Waals surface area contributed by atoms with Gasteiger partial charge in [0.1, 0.15) is 0 Å². The van der Waals surface area contributed by atoms with Crippen LogP contribution in [0.4, 0.5) is 0 Å². The van der Waals surface area contributed by atoms with Crippen molar-refractivity contribution in [3.8, 4) is 11.1 Å².